The van der Waals surface area contributed by atoms with Gasteiger partial charge in [-0.15, -0.1) is 0 Å². The van der Waals surface area contributed by atoms with Crippen LogP contribution in [0.25, 0.3) is 0 Å². The Kier molecular flexibility index (Phi) is 7.09. The summed E-state index contributed by atoms with van der Waals surface area (Å²) in [6.45, 7) is 0. The van der Waals surface area contributed by atoms with Crippen molar-refractivity contribution in [3.8, 4) is 0 Å². The number of carbonyl (C=O) groups excluding carboxylic acids is 2. The summed E-state index contributed by atoms with van der Waals surface area (Å²) in [5.74, 6) is -0.513. The largest absolute Gasteiger partial charge is 0.465 e. The molecular weight excluding hydrogens is 433 g/mol. The number of thioether (sulfide) groups is 1. The summed E-state index contributed by atoms with van der Waals surface area (Å²) in [6.07, 6.45) is 1.37. The van der Waals surface area contributed by atoms with Crippen molar-refractivity contribution in [1.29, 1.82) is 0 Å². The van der Waals surface area contributed by atoms with Gasteiger partial charge in [0.2, 0.25) is 0 Å². The number of hydrogen-bond donors (Lipinski definition) is 1. The van der Waals surface area contributed by atoms with E-state index in [2.05, 4.69) is 15.3 Å². The van der Waals surface area contributed by atoms with Gasteiger partial charge in [-0.05, 0) is 29.8 Å². The minimum absolute atomic E-state index is 0.0138. The van der Waals surface area contributed by atoms with Crippen molar-refractivity contribution in [3.63, 3.8) is 0 Å². The fourth-order valence-electron chi connectivity index (χ4n) is 2.37. The summed E-state index contributed by atoms with van der Waals surface area (Å²) in [6, 6.07) is 13.9. The van der Waals surface area contributed by atoms with E-state index in [9.17, 15) is 9.59 Å². The smallest absolute Gasteiger partial charge is 0.339 e. The highest BCUT2D eigenvalue weighted by Gasteiger charge is 2.18. The molecular formula is C20H15Cl2N3O3S. The Morgan fingerprint density at radius 2 is 1.83 bits per heavy atom. The van der Waals surface area contributed by atoms with Gasteiger partial charge in [0.25, 0.3) is 5.91 Å². The summed E-state index contributed by atoms with van der Waals surface area (Å²) in [4.78, 5) is 33.0. The maximum absolute atomic E-state index is 12.7. The van der Waals surface area contributed by atoms with Crippen LogP contribution in [0.3, 0.4) is 0 Å². The molecule has 0 unspecified atom stereocenters. The number of carbonyl (C=O) groups is 2. The molecule has 0 radical (unpaired) electrons. The number of hydrogen-bond acceptors (Lipinski definition) is 6. The quantitative estimate of drug-likeness (QED) is 0.321. The average molecular weight is 448 g/mol. The predicted octanol–water partition coefficient (Wildman–Crippen LogP) is 5.11. The lowest BCUT2D eigenvalue weighted by Crippen LogP contribution is -2.17. The zero-order chi connectivity index (χ0) is 20.8. The van der Waals surface area contributed by atoms with Gasteiger partial charge in [0.05, 0.1) is 29.6 Å². The molecule has 0 spiro atoms. The molecule has 29 heavy (non-hydrogen) atoms. The van der Waals surface area contributed by atoms with E-state index in [0.717, 1.165) is 5.56 Å². The van der Waals surface area contributed by atoms with Crippen LogP contribution in [0.4, 0.5) is 5.69 Å². The SMILES string of the molecule is COC(=O)c1ccccc1NC(=O)c1nc(SCc2ccc(Cl)cc2)ncc1Cl. The number of ether oxygens (including phenoxy) is 1. The first-order chi connectivity index (χ1) is 14.0. The molecule has 0 saturated carbocycles. The van der Waals surface area contributed by atoms with Crippen LogP contribution in [0.1, 0.15) is 26.4 Å². The Bertz CT molecular complexity index is 1050. The first kappa shape index (κ1) is 21.1. The highest BCUT2D eigenvalue weighted by Crippen LogP contribution is 2.24. The molecule has 6 nitrogen and oxygen atoms in total. The second kappa shape index (κ2) is 9.73. The summed E-state index contributed by atoms with van der Waals surface area (Å²) in [7, 11) is 1.27. The Morgan fingerprint density at radius 1 is 1.10 bits per heavy atom. The Balaban J connectivity index is 1.76. The third-order valence-corrected chi connectivity index (χ3v) is 5.26. The van der Waals surface area contributed by atoms with Crippen molar-refractivity contribution in [2.75, 3.05) is 12.4 Å². The van der Waals surface area contributed by atoms with E-state index in [0.29, 0.717) is 21.6 Å². The molecule has 0 saturated heterocycles. The number of amides is 1. The van der Waals surface area contributed by atoms with Crippen LogP contribution in [0.2, 0.25) is 10.0 Å². The number of anilines is 1. The number of rotatable bonds is 6. The number of benzene rings is 2. The minimum Gasteiger partial charge on any atom is -0.465 e. The zero-order valence-corrected chi connectivity index (χ0v) is 17.5. The molecule has 2 aromatic carbocycles. The van der Waals surface area contributed by atoms with Crippen LogP contribution >= 0.6 is 35.0 Å². The number of nitrogens with one attached hydrogen (secondary N) is 1. The van der Waals surface area contributed by atoms with Gasteiger partial charge < -0.3 is 10.1 Å². The first-order valence-corrected chi connectivity index (χ1v) is 10.1. The number of aromatic nitrogens is 2. The van der Waals surface area contributed by atoms with E-state index in [4.69, 9.17) is 27.9 Å². The van der Waals surface area contributed by atoms with Crippen molar-refractivity contribution < 1.29 is 14.3 Å². The Morgan fingerprint density at radius 3 is 2.55 bits per heavy atom. The van der Waals surface area contributed by atoms with Crippen molar-refractivity contribution in [1.82, 2.24) is 9.97 Å². The van der Waals surface area contributed by atoms with E-state index in [1.54, 1.807) is 36.4 Å². The summed E-state index contributed by atoms with van der Waals surface area (Å²) in [5, 5.41) is 3.82. The topological polar surface area (TPSA) is 81.2 Å². The number of halogens is 2. The van der Waals surface area contributed by atoms with Crippen LogP contribution < -0.4 is 5.32 Å². The molecule has 0 aliphatic heterocycles. The van der Waals surface area contributed by atoms with E-state index in [-0.39, 0.29) is 16.3 Å². The van der Waals surface area contributed by atoms with E-state index in [1.165, 1.54) is 25.1 Å². The summed E-state index contributed by atoms with van der Waals surface area (Å²) < 4.78 is 4.73. The van der Waals surface area contributed by atoms with Crippen LogP contribution in [-0.2, 0) is 10.5 Å². The number of para-hydroxylation sites is 1. The fraction of sp³-hybridized carbons (Fsp3) is 0.100. The number of esters is 1. The van der Waals surface area contributed by atoms with Gasteiger partial charge in [0.1, 0.15) is 0 Å². The van der Waals surface area contributed by atoms with Crippen molar-refractivity contribution in [2.45, 2.75) is 10.9 Å². The molecule has 9 heteroatoms. The lowest BCUT2D eigenvalue weighted by atomic mass is 10.1. The molecule has 0 aliphatic rings. The van der Waals surface area contributed by atoms with E-state index >= 15 is 0 Å². The van der Waals surface area contributed by atoms with E-state index in [1.807, 2.05) is 12.1 Å². The average Bonchev–Trinajstić information content (AvgIpc) is 2.74. The predicted molar refractivity (Wildman–Crippen MR) is 114 cm³/mol. The minimum atomic E-state index is -0.561. The zero-order valence-electron chi connectivity index (χ0n) is 15.2. The van der Waals surface area contributed by atoms with Crippen LogP contribution in [0, 0.1) is 0 Å². The van der Waals surface area contributed by atoms with Crippen molar-refractivity contribution in [2.24, 2.45) is 0 Å². The number of nitrogens with zero attached hydrogens (tertiary/aromatic N) is 2. The summed E-state index contributed by atoms with van der Waals surface area (Å²) >= 11 is 13.4. The maximum atomic E-state index is 12.7. The van der Waals surface area contributed by atoms with Crippen LogP contribution in [-0.4, -0.2) is 29.0 Å². The molecule has 1 amide bonds. The molecule has 3 rings (SSSR count). The normalized spacial score (nSPS) is 10.4. The monoisotopic (exact) mass is 447 g/mol. The molecule has 0 fully saturated rings. The number of methoxy groups -OCH3 is 1. The van der Waals surface area contributed by atoms with Crippen LogP contribution in [0.5, 0.6) is 0 Å². The van der Waals surface area contributed by atoms with Crippen molar-refractivity contribution >= 4 is 52.5 Å². The standard InChI is InChI=1S/C20H15Cl2N3O3S/c1-28-19(27)14-4-2-3-5-16(14)24-18(26)17-15(22)10-23-20(25-17)29-11-12-6-8-13(21)9-7-12/h2-10H,11H2,1H3,(H,24,26). The molecule has 1 heterocycles. The van der Waals surface area contributed by atoms with Crippen LogP contribution in [0.15, 0.2) is 59.9 Å². The molecule has 0 bridgehead atoms. The molecule has 0 aliphatic carbocycles. The highest BCUT2D eigenvalue weighted by atomic mass is 35.5. The van der Waals surface area contributed by atoms with Gasteiger partial charge in [-0.25, -0.2) is 14.8 Å². The third-order valence-electron chi connectivity index (χ3n) is 3.80. The molecule has 3 aromatic rings. The Hall–Kier alpha value is -2.61. The molecule has 1 aromatic heterocycles. The fourth-order valence-corrected chi connectivity index (χ4v) is 3.44. The van der Waals surface area contributed by atoms with Crippen molar-refractivity contribution in [3.05, 3.63) is 81.6 Å². The van der Waals surface area contributed by atoms with Gasteiger partial charge in [-0.2, -0.15) is 0 Å². The van der Waals surface area contributed by atoms with Gasteiger partial charge in [-0.1, -0.05) is 59.2 Å². The van der Waals surface area contributed by atoms with Gasteiger partial charge in [0.15, 0.2) is 10.9 Å². The third kappa shape index (κ3) is 5.47. The first-order valence-electron chi connectivity index (χ1n) is 8.36. The van der Waals surface area contributed by atoms with Gasteiger partial charge in [0, 0.05) is 10.8 Å². The Labute approximate surface area is 181 Å². The molecule has 1 N–H and O–H groups in total. The lowest BCUT2D eigenvalue weighted by molar-refractivity contribution is 0.0602. The summed E-state index contributed by atoms with van der Waals surface area (Å²) in [5.41, 5.74) is 1.58. The maximum Gasteiger partial charge on any atom is 0.339 e. The molecule has 0 atom stereocenters. The second-order valence-corrected chi connectivity index (χ2v) is 7.54. The van der Waals surface area contributed by atoms with Gasteiger partial charge in [-0.3, -0.25) is 4.79 Å². The highest BCUT2D eigenvalue weighted by molar-refractivity contribution is 7.98. The van der Waals surface area contributed by atoms with Gasteiger partial charge >= 0.3 is 5.97 Å². The second-order valence-electron chi connectivity index (χ2n) is 5.76. The lowest BCUT2D eigenvalue weighted by Gasteiger charge is -2.10. The molecule has 148 valence electrons. The van der Waals surface area contributed by atoms with E-state index < -0.39 is 11.9 Å².